The first-order valence-electron chi connectivity index (χ1n) is 17.1. The number of hydrogen-bond donors (Lipinski definition) is 0. The Morgan fingerprint density at radius 2 is 1.02 bits per heavy atom. The highest BCUT2D eigenvalue weighted by Gasteiger charge is 2.23. The van der Waals surface area contributed by atoms with Crippen LogP contribution in [0.1, 0.15) is 0 Å². The zero-order valence-corrected chi connectivity index (χ0v) is 28.4. The number of benzene rings is 7. The van der Waals surface area contributed by atoms with E-state index in [1.165, 1.54) is 16.3 Å². The average Bonchev–Trinajstić information content (AvgIpc) is 3.62. The molecule has 0 aliphatic carbocycles. The second-order valence-corrected chi connectivity index (χ2v) is 12.7. The Hall–Kier alpha value is -6.65. The molecule has 0 N–H and O–H groups in total. The standard InChI is InChI=1S/C47H34N2O2/c1-50-43-29-38-28-42(33-17-7-4-8-18-33)49-47(41(38)30-44(43)51-2)45(46(48-49)37-23-11-20-34(26-37)31-14-5-3-6-15-31)36-22-12-21-35(27-36)40-25-13-19-32-16-9-10-24-39(32)40/h3-30H,1-2H3. The van der Waals surface area contributed by atoms with Crippen LogP contribution in [0.3, 0.4) is 0 Å². The highest BCUT2D eigenvalue weighted by Crippen LogP contribution is 2.45. The van der Waals surface area contributed by atoms with E-state index in [0.29, 0.717) is 11.5 Å². The van der Waals surface area contributed by atoms with Crippen molar-refractivity contribution in [3.63, 3.8) is 0 Å². The molecular weight excluding hydrogens is 625 g/mol. The fraction of sp³-hybridized carbons (Fsp3) is 0.0426. The maximum absolute atomic E-state index is 5.87. The Morgan fingerprint density at radius 1 is 0.431 bits per heavy atom. The molecule has 0 saturated carbocycles. The maximum atomic E-state index is 5.87. The third-order valence-corrected chi connectivity index (χ3v) is 9.78. The number of hydrogen-bond acceptors (Lipinski definition) is 3. The maximum Gasteiger partial charge on any atom is 0.161 e. The van der Waals surface area contributed by atoms with Crippen LogP contribution in [0.25, 0.3) is 83.0 Å². The minimum Gasteiger partial charge on any atom is -0.493 e. The largest absolute Gasteiger partial charge is 0.493 e. The molecule has 0 radical (unpaired) electrons. The van der Waals surface area contributed by atoms with Crippen LogP contribution in [-0.4, -0.2) is 23.8 Å². The fourth-order valence-electron chi connectivity index (χ4n) is 7.35. The van der Waals surface area contributed by atoms with E-state index in [9.17, 15) is 0 Å². The summed E-state index contributed by atoms with van der Waals surface area (Å²) >= 11 is 0. The minimum absolute atomic E-state index is 0.670. The van der Waals surface area contributed by atoms with Crippen molar-refractivity contribution in [1.82, 2.24) is 9.61 Å². The molecule has 2 aromatic heterocycles. The highest BCUT2D eigenvalue weighted by atomic mass is 16.5. The van der Waals surface area contributed by atoms with Gasteiger partial charge in [-0.2, -0.15) is 5.10 Å². The molecule has 0 fully saturated rings. The number of ether oxygens (including phenoxy) is 2. The lowest BCUT2D eigenvalue weighted by Crippen LogP contribution is -1.97. The van der Waals surface area contributed by atoms with Gasteiger partial charge in [-0.15, -0.1) is 0 Å². The van der Waals surface area contributed by atoms with Gasteiger partial charge in [0.05, 0.1) is 25.4 Å². The van der Waals surface area contributed by atoms with Gasteiger partial charge < -0.3 is 9.47 Å². The third kappa shape index (κ3) is 5.29. The van der Waals surface area contributed by atoms with Crippen molar-refractivity contribution < 1.29 is 9.47 Å². The fourth-order valence-corrected chi connectivity index (χ4v) is 7.35. The van der Waals surface area contributed by atoms with E-state index in [0.717, 1.165) is 66.6 Å². The van der Waals surface area contributed by atoms with Crippen LogP contribution < -0.4 is 9.47 Å². The summed E-state index contributed by atoms with van der Waals surface area (Å²) in [6, 6.07) is 60.0. The lowest BCUT2D eigenvalue weighted by Gasteiger charge is -2.14. The molecular formula is C47H34N2O2. The number of nitrogens with zero attached hydrogens (tertiary/aromatic N) is 2. The van der Waals surface area contributed by atoms with Gasteiger partial charge in [0.2, 0.25) is 0 Å². The van der Waals surface area contributed by atoms with E-state index in [-0.39, 0.29) is 0 Å². The summed E-state index contributed by atoms with van der Waals surface area (Å²) in [6.07, 6.45) is 0. The highest BCUT2D eigenvalue weighted by molar-refractivity contribution is 6.10. The molecule has 0 aliphatic rings. The van der Waals surface area contributed by atoms with Gasteiger partial charge in [0.1, 0.15) is 5.69 Å². The zero-order valence-electron chi connectivity index (χ0n) is 28.4. The molecule has 9 aromatic rings. The van der Waals surface area contributed by atoms with Gasteiger partial charge in [0.15, 0.2) is 11.5 Å². The minimum atomic E-state index is 0.670. The first-order valence-corrected chi connectivity index (χ1v) is 17.1. The topological polar surface area (TPSA) is 35.8 Å². The summed E-state index contributed by atoms with van der Waals surface area (Å²) < 4.78 is 13.8. The number of fused-ring (bicyclic) bond motifs is 4. The Labute approximate surface area is 296 Å². The van der Waals surface area contributed by atoms with Crippen LogP contribution in [-0.2, 0) is 0 Å². The van der Waals surface area contributed by atoms with Crippen LogP contribution in [0, 0.1) is 0 Å². The van der Waals surface area contributed by atoms with Gasteiger partial charge in [-0.3, -0.25) is 0 Å². The summed E-state index contributed by atoms with van der Waals surface area (Å²) in [6.45, 7) is 0. The molecule has 0 amide bonds. The van der Waals surface area contributed by atoms with E-state index in [1.807, 2.05) is 6.07 Å². The average molecular weight is 659 g/mol. The zero-order chi connectivity index (χ0) is 34.3. The molecule has 9 rings (SSSR count). The molecule has 0 aliphatic heterocycles. The van der Waals surface area contributed by atoms with Gasteiger partial charge in [-0.1, -0.05) is 140 Å². The van der Waals surface area contributed by atoms with E-state index >= 15 is 0 Å². The van der Waals surface area contributed by atoms with Crippen LogP contribution in [0.4, 0.5) is 0 Å². The van der Waals surface area contributed by atoms with Gasteiger partial charge >= 0.3 is 0 Å². The van der Waals surface area contributed by atoms with Gasteiger partial charge in [-0.05, 0) is 74.3 Å². The molecule has 0 atom stereocenters. The molecule has 51 heavy (non-hydrogen) atoms. The van der Waals surface area contributed by atoms with Crippen molar-refractivity contribution in [2.75, 3.05) is 14.2 Å². The molecule has 0 spiro atoms. The summed E-state index contributed by atoms with van der Waals surface area (Å²) in [5.41, 5.74) is 11.8. The van der Waals surface area contributed by atoms with Crippen molar-refractivity contribution in [2.24, 2.45) is 0 Å². The quantitative estimate of drug-likeness (QED) is 0.171. The second-order valence-electron chi connectivity index (χ2n) is 12.7. The first-order chi connectivity index (χ1) is 25.2. The monoisotopic (exact) mass is 658 g/mol. The smallest absolute Gasteiger partial charge is 0.161 e. The van der Waals surface area contributed by atoms with Crippen LogP contribution in [0.2, 0.25) is 0 Å². The molecule has 0 bridgehead atoms. The molecule has 244 valence electrons. The third-order valence-electron chi connectivity index (χ3n) is 9.78. The predicted molar refractivity (Wildman–Crippen MR) is 210 cm³/mol. The molecule has 4 heteroatoms. The molecule has 2 heterocycles. The lowest BCUT2D eigenvalue weighted by molar-refractivity contribution is 0.356. The van der Waals surface area contributed by atoms with Crippen molar-refractivity contribution in [1.29, 1.82) is 0 Å². The van der Waals surface area contributed by atoms with E-state index in [4.69, 9.17) is 14.6 Å². The van der Waals surface area contributed by atoms with Crippen molar-refractivity contribution in [3.8, 4) is 67.4 Å². The van der Waals surface area contributed by atoms with Gasteiger partial charge in [0, 0.05) is 22.1 Å². The van der Waals surface area contributed by atoms with Gasteiger partial charge in [0.25, 0.3) is 0 Å². The predicted octanol–water partition coefficient (Wildman–Crippen LogP) is 12.0. The second kappa shape index (κ2) is 12.7. The van der Waals surface area contributed by atoms with Crippen LogP contribution in [0.5, 0.6) is 11.5 Å². The van der Waals surface area contributed by atoms with Crippen molar-refractivity contribution in [3.05, 3.63) is 170 Å². The van der Waals surface area contributed by atoms with Crippen LogP contribution in [0.15, 0.2) is 170 Å². The Balaban J connectivity index is 1.40. The van der Waals surface area contributed by atoms with Crippen LogP contribution >= 0.6 is 0 Å². The molecule has 0 unspecified atom stereocenters. The summed E-state index contributed by atoms with van der Waals surface area (Å²) in [5.74, 6) is 1.35. The Bertz CT molecular complexity index is 2710. The lowest BCUT2D eigenvalue weighted by atomic mass is 9.92. The molecule has 4 nitrogen and oxygen atoms in total. The van der Waals surface area contributed by atoms with Crippen molar-refractivity contribution >= 4 is 27.1 Å². The van der Waals surface area contributed by atoms with Gasteiger partial charge in [-0.25, -0.2) is 4.52 Å². The summed E-state index contributed by atoms with van der Waals surface area (Å²) in [4.78, 5) is 0. The molecule has 0 saturated heterocycles. The Morgan fingerprint density at radius 3 is 1.80 bits per heavy atom. The van der Waals surface area contributed by atoms with E-state index in [2.05, 4.69) is 168 Å². The number of methoxy groups -OCH3 is 2. The SMILES string of the molecule is COc1cc2cc(-c3ccccc3)n3nc(-c4cccc(-c5ccccc5)c4)c(-c4cccc(-c5cccc6ccccc56)c4)c3c2cc1OC. The molecule has 7 aromatic carbocycles. The number of rotatable bonds is 7. The Kier molecular flexibility index (Phi) is 7.55. The number of aromatic nitrogens is 2. The summed E-state index contributed by atoms with van der Waals surface area (Å²) in [5, 5.41) is 10.0. The number of pyridine rings is 1. The van der Waals surface area contributed by atoms with E-state index < -0.39 is 0 Å². The first kappa shape index (κ1) is 30.4. The summed E-state index contributed by atoms with van der Waals surface area (Å²) in [7, 11) is 3.37. The van der Waals surface area contributed by atoms with Crippen molar-refractivity contribution in [2.45, 2.75) is 0 Å². The normalized spacial score (nSPS) is 11.3. The van der Waals surface area contributed by atoms with E-state index in [1.54, 1.807) is 14.2 Å².